The Hall–Kier alpha value is -3.28. The molecule has 27 heavy (non-hydrogen) atoms. The minimum Gasteiger partial charge on any atom is -0.497 e. The molecule has 1 aromatic heterocycles. The molecule has 0 bridgehead atoms. The van der Waals surface area contributed by atoms with E-state index in [2.05, 4.69) is 4.98 Å². The van der Waals surface area contributed by atoms with Gasteiger partial charge in [0.1, 0.15) is 11.5 Å². The van der Waals surface area contributed by atoms with Gasteiger partial charge in [-0.05, 0) is 25.1 Å². The fourth-order valence-corrected chi connectivity index (χ4v) is 3.12. The highest BCUT2D eigenvalue weighted by Gasteiger charge is 2.23. The lowest BCUT2D eigenvalue weighted by Gasteiger charge is -2.27. The molecule has 0 saturated heterocycles. The molecule has 6 heteroatoms. The number of fused-ring (bicyclic) bond motifs is 1. The van der Waals surface area contributed by atoms with Crippen molar-refractivity contribution in [1.29, 1.82) is 0 Å². The number of nitrogens with zero attached hydrogens (tertiary/aromatic N) is 1. The van der Waals surface area contributed by atoms with Crippen LogP contribution in [0.1, 0.15) is 28.9 Å². The highest BCUT2D eigenvalue weighted by Crippen LogP contribution is 2.32. The molecular formula is C21H22N2O4. The first-order valence-corrected chi connectivity index (χ1v) is 8.57. The summed E-state index contributed by atoms with van der Waals surface area (Å²) < 4.78 is 10.7. The van der Waals surface area contributed by atoms with Gasteiger partial charge in [0.25, 0.3) is 11.5 Å². The van der Waals surface area contributed by atoms with Crippen LogP contribution in [-0.4, -0.2) is 37.1 Å². The number of aromatic amines is 1. The molecule has 1 unspecified atom stereocenters. The van der Waals surface area contributed by atoms with Crippen molar-refractivity contribution in [3.05, 3.63) is 70.1 Å². The monoisotopic (exact) mass is 366 g/mol. The average Bonchev–Trinajstić information content (AvgIpc) is 2.72. The molecule has 1 atom stereocenters. The van der Waals surface area contributed by atoms with E-state index in [1.807, 2.05) is 25.1 Å². The number of carbonyl (C=O) groups is 1. The van der Waals surface area contributed by atoms with Gasteiger partial charge in [-0.25, -0.2) is 0 Å². The highest BCUT2D eigenvalue weighted by atomic mass is 16.5. The fourth-order valence-electron chi connectivity index (χ4n) is 3.12. The Bertz CT molecular complexity index is 1040. The quantitative estimate of drug-likeness (QED) is 0.751. The number of methoxy groups -OCH3 is 2. The van der Waals surface area contributed by atoms with E-state index in [-0.39, 0.29) is 17.5 Å². The SMILES string of the molecule is COc1ccc(C(C)N(C)C(=O)c2c[nH]c(=O)c3ccccc23)c(OC)c1. The van der Waals surface area contributed by atoms with Gasteiger partial charge in [-0.1, -0.05) is 18.2 Å². The average molecular weight is 366 g/mol. The first-order chi connectivity index (χ1) is 13.0. The molecule has 0 aliphatic heterocycles. The molecule has 3 aromatic rings. The number of ether oxygens (including phenoxy) is 2. The summed E-state index contributed by atoms with van der Waals surface area (Å²) in [6, 6.07) is 12.3. The van der Waals surface area contributed by atoms with Gasteiger partial charge in [-0.15, -0.1) is 0 Å². The number of amides is 1. The molecule has 0 fully saturated rings. The molecule has 0 radical (unpaired) electrons. The number of nitrogens with one attached hydrogen (secondary N) is 1. The third-order valence-corrected chi connectivity index (χ3v) is 4.83. The van der Waals surface area contributed by atoms with Crippen molar-refractivity contribution in [2.75, 3.05) is 21.3 Å². The number of hydrogen-bond acceptors (Lipinski definition) is 4. The summed E-state index contributed by atoms with van der Waals surface area (Å²) in [7, 11) is 4.91. The van der Waals surface area contributed by atoms with Crippen LogP contribution in [-0.2, 0) is 0 Å². The smallest absolute Gasteiger partial charge is 0.256 e. The third-order valence-electron chi connectivity index (χ3n) is 4.83. The summed E-state index contributed by atoms with van der Waals surface area (Å²) in [5.41, 5.74) is 1.10. The van der Waals surface area contributed by atoms with Crippen molar-refractivity contribution in [2.24, 2.45) is 0 Å². The van der Waals surface area contributed by atoms with Gasteiger partial charge in [0.2, 0.25) is 0 Å². The fraction of sp³-hybridized carbons (Fsp3) is 0.238. The third kappa shape index (κ3) is 3.38. The van der Waals surface area contributed by atoms with Gasteiger partial charge in [-0.3, -0.25) is 9.59 Å². The second-order valence-electron chi connectivity index (χ2n) is 6.28. The minimum absolute atomic E-state index is 0.187. The Kier molecular flexibility index (Phi) is 5.16. The number of rotatable bonds is 5. The van der Waals surface area contributed by atoms with Crippen molar-refractivity contribution < 1.29 is 14.3 Å². The van der Waals surface area contributed by atoms with E-state index >= 15 is 0 Å². The summed E-state index contributed by atoms with van der Waals surface area (Å²) in [6.45, 7) is 1.93. The van der Waals surface area contributed by atoms with Gasteiger partial charge in [0.05, 0.1) is 25.8 Å². The second-order valence-corrected chi connectivity index (χ2v) is 6.28. The van der Waals surface area contributed by atoms with Crippen LogP contribution in [0, 0.1) is 0 Å². The van der Waals surface area contributed by atoms with Crippen LogP contribution in [0.5, 0.6) is 11.5 Å². The standard InChI is InChI=1S/C21H22N2O4/c1-13(15-10-9-14(26-3)11-19(15)27-4)23(2)21(25)18-12-22-20(24)17-8-6-5-7-16(17)18/h5-13H,1-4H3,(H,22,24). The van der Waals surface area contributed by atoms with E-state index in [4.69, 9.17) is 9.47 Å². The first kappa shape index (κ1) is 18.5. The highest BCUT2D eigenvalue weighted by molar-refractivity contribution is 6.06. The summed E-state index contributed by atoms with van der Waals surface area (Å²) in [4.78, 5) is 29.4. The maximum absolute atomic E-state index is 13.1. The number of carbonyl (C=O) groups excluding carboxylic acids is 1. The van der Waals surface area contributed by atoms with Crippen molar-refractivity contribution in [3.8, 4) is 11.5 Å². The van der Waals surface area contributed by atoms with Gasteiger partial charge in [0, 0.05) is 35.6 Å². The van der Waals surface area contributed by atoms with Crippen LogP contribution >= 0.6 is 0 Å². The predicted octanol–water partition coefficient (Wildman–Crippen LogP) is 3.38. The molecule has 3 rings (SSSR count). The van der Waals surface area contributed by atoms with Gasteiger partial charge < -0.3 is 19.4 Å². The van der Waals surface area contributed by atoms with Crippen molar-refractivity contribution >= 4 is 16.7 Å². The van der Waals surface area contributed by atoms with Gasteiger partial charge in [0.15, 0.2) is 0 Å². The molecule has 2 aromatic carbocycles. The maximum Gasteiger partial charge on any atom is 0.256 e. The number of benzene rings is 2. The van der Waals surface area contributed by atoms with E-state index in [1.54, 1.807) is 50.4 Å². The number of hydrogen-bond donors (Lipinski definition) is 1. The van der Waals surface area contributed by atoms with E-state index in [0.29, 0.717) is 27.8 Å². The van der Waals surface area contributed by atoms with Gasteiger partial charge in [-0.2, -0.15) is 0 Å². The summed E-state index contributed by atoms with van der Waals surface area (Å²) in [5.74, 6) is 1.14. The second kappa shape index (κ2) is 7.53. The lowest BCUT2D eigenvalue weighted by molar-refractivity contribution is 0.0742. The zero-order valence-corrected chi connectivity index (χ0v) is 15.8. The molecule has 1 N–H and O–H groups in total. The summed E-state index contributed by atoms with van der Waals surface area (Å²) >= 11 is 0. The van der Waals surface area contributed by atoms with E-state index in [0.717, 1.165) is 5.56 Å². The zero-order chi connectivity index (χ0) is 19.6. The largest absolute Gasteiger partial charge is 0.497 e. The molecule has 0 spiro atoms. The number of pyridine rings is 1. The molecule has 140 valence electrons. The molecular weight excluding hydrogens is 344 g/mol. The number of H-pyrrole nitrogens is 1. The Morgan fingerprint density at radius 2 is 1.78 bits per heavy atom. The zero-order valence-electron chi connectivity index (χ0n) is 15.8. The molecule has 1 heterocycles. The Balaban J connectivity index is 1.99. The van der Waals surface area contributed by atoms with E-state index < -0.39 is 0 Å². The normalized spacial score (nSPS) is 11.9. The Morgan fingerprint density at radius 1 is 1.07 bits per heavy atom. The van der Waals surface area contributed by atoms with E-state index in [9.17, 15) is 9.59 Å². The molecule has 6 nitrogen and oxygen atoms in total. The van der Waals surface area contributed by atoms with Crippen molar-refractivity contribution in [1.82, 2.24) is 9.88 Å². The molecule has 0 aliphatic carbocycles. The van der Waals surface area contributed by atoms with Crippen molar-refractivity contribution in [2.45, 2.75) is 13.0 Å². The summed E-state index contributed by atoms with van der Waals surface area (Å²) in [6.07, 6.45) is 1.47. The molecule has 0 aliphatic rings. The maximum atomic E-state index is 13.1. The lowest BCUT2D eigenvalue weighted by atomic mass is 10.0. The first-order valence-electron chi connectivity index (χ1n) is 8.57. The van der Waals surface area contributed by atoms with Gasteiger partial charge >= 0.3 is 0 Å². The summed E-state index contributed by atoms with van der Waals surface area (Å²) in [5, 5.41) is 1.12. The van der Waals surface area contributed by atoms with Crippen LogP contribution in [0.25, 0.3) is 10.8 Å². The van der Waals surface area contributed by atoms with Crippen LogP contribution in [0.4, 0.5) is 0 Å². The van der Waals surface area contributed by atoms with Crippen LogP contribution in [0.3, 0.4) is 0 Å². The molecule has 1 amide bonds. The van der Waals surface area contributed by atoms with Crippen LogP contribution in [0.2, 0.25) is 0 Å². The Morgan fingerprint density at radius 3 is 2.44 bits per heavy atom. The number of aromatic nitrogens is 1. The minimum atomic E-state index is -0.246. The predicted molar refractivity (Wildman–Crippen MR) is 105 cm³/mol. The van der Waals surface area contributed by atoms with E-state index in [1.165, 1.54) is 6.20 Å². The molecule has 0 saturated carbocycles. The topological polar surface area (TPSA) is 71.6 Å². The Labute approximate surface area is 157 Å². The van der Waals surface area contributed by atoms with Crippen molar-refractivity contribution in [3.63, 3.8) is 0 Å². The van der Waals surface area contributed by atoms with Crippen LogP contribution in [0.15, 0.2) is 53.5 Å². The lowest BCUT2D eigenvalue weighted by Crippen LogP contribution is -2.30. The van der Waals surface area contributed by atoms with Crippen LogP contribution < -0.4 is 15.0 Å².